The lowest BCUT2D eigenvalue weighted by atomic mass is 10.3. The first-order valence-corrected chi connectivity index (χ1v) is 4.41. The van der Waals surface area contributed by atoms with Crippen molar-refractivity contribution in [1.82, 2.24) is 9.89 Å². The molecule has 1 heterocycles. The SMILES string of the molecule is CN(C=S)n1ncc2ccccc21. The molecule has 0 radical (unpaired) electrons. The maximum absolute atomic E-state index is 4.83. The van der Waals surface area contributed by atoms with E-state index in [1.807, 2.05) is 37.5 Å². The maximum Gasteiger partial charge on any atom is 0.0924 e. The van der Waals surface area contributed by atoms with Crippen LogP contribution in [0.25, 0.3) is 10.9 Å². The molecule has 0 saturated carbocycles. The monoisotopic (exact) mass is 191 g/mol. The van der Waals surface area contributed by atoms with Crippen molar-refractivity contribution in [2.45, 2.75) is 0 Å². The quantitative estimate of drug-likeness (QED) is 0.672. The molecule has 13 heavy (non-hydrogen) atoms. The van der Waals surface area contributed by atoms with E-state index in [0.717, 1.165) is 10.9 Å². The number of rotatable bonds is 2. The molecule has 0 unspecified atom stereocenters. The lowest BCUT2D eigenvalue weighted by Gasteiger charge is -2.12. The lowest BCUT2D eigenvalue weighted by Crippen LogP contribution is -2.28. The van der Waals surface area contributed by atoms with E-state index >= 15 is 0 Å². The summed E-state index contributed by atoms with van der Waals surface area (Å²) >= 11 is 4.83. The summed E-state index contributed by atoms with van der Waals surface area (Å²) in [6, 6.07) is 8.01. The molecule has 0 aliphatic heterocycles. The van der Waals surface area contributed by atoms with Crippen LogP contribution < -0.4 is 5.01 Å². The third-order valence-electron chi connectivity index (χ3n) is 1.91. The minimum Gasteiger partial charge on any atom is -0.264 e. The second-order valence-electron chi connectivity index (χ2n) is 2.77. The fourth-order valence-electron chi connectivity index (χ4n) is 1.25. The zero-order valence-electron chi connectivity index (χ0n) is 7.21. The van der Waals surface area contributed by atoms with E-state index in [0.29, 0.717) is 0 Å². The number of para-hydroxylation sites is 1. The van der Waals surface area contributed by atoms with E-state index in [-0.39, 0.29) is 0 Å². The molecule has 0 N–H and O–H groups in total. The molecule has 0 bridgehead atoms. The number of hydrogen-bond acceptors (Lipinski definition) is 2. The normalized spacial score (nSPS) is 10.2. The highest BCUT2D eigenvalue weighted by Gasteiger charge is 2.02. The van der Waals surface area contributed by atoms with Crippen LogP contribution in [0.4, 0.5) is 0 Å². The van der Waals surface area contributed by atoms with Crippen LogP contribution >= 0.6 is 12.2 Å². The van der Waals surface area contributed by atoms with Crippen LogP contribution in [0.5, 0.6) is 0 Å². The minimum atomic E-state index is 1.06. The summed E-state index contributed by atoms with van der Waals surface area (Å²) in [7, 11) is 1.87. The van der Waals surface area contributed by atoms with Gasteiger partial charge in [0.15, 0.2) is 0 Å². The van der Waals surface area contributed by atoms with Crippen molar-refractivity contribution in [3.8, 4) is 0 Å². The molecule has 2 aromatic rings. The molecule has 0 spiro atoms. The highest BCUT2D eigenvalue weighted by atomic mass is 32.1. The molecule has 0 atom stereocenters. The van der Waals surface area contributed by atoms with Crippen LogP contribution in [-0.2, 0) is 0 Å². The molecule has 1 aromatic carbocycles. The van der Waals surface area contributed by atoms with Gasteiger partial charge in [0.1, 0.15) is 0 Å². The zero-order chi connectivity index (χ0) is 9.26. The summed E-state index contributed by atoms with van der Waals surface area (Å²) < 4.78 is 0. The van der Waals surface area contributed by atoms with Crippen molar-refractivity contribution in [1.29, 1.82) is 0 Å². The smallest absolute Gasteiger partial charge is 0.0924 e. The van der Waals surface area contributed by atoms with Gasteiger partial charge in [0.25, 0.3) is 0 Å². The highest BCUT2D eigenvalue weighted by molar-refractivity contribution is 7.79. The van der Waals surface area contributed by atoms with Gasteiger partial charge in [-0.05, 0) is 6.07 Å². The first-order chi connectivity index (χ1) is 6.33. The lowest BCUT2D eigenvalue weighted by molar-refractivity contribution is 0.725. The average molecular weight is 191 g/mol. The molecule has 4 heteroatoms. The molecular formula is C9H9N3S. The van der Waals surface area contributed by atoms with Gasteiger partial charge >= 0.3 is 0 Å². The first kappa shape index (κ1) is 8.19. The van der Waals surface area contributed by atoms with Crippen LogP contribution in [-0.4, -0.2) is 22.4 Å². The van der Waals surface area contributed by atoms with Crippen molar-refractivity contribution in [3.63, 3.8) is 0 Å². The van der Waals surface area contributed by atoms with Gasteiger partial charge in [0, 0.05) is 12.4 Å². The molecule has 0 saturated heterocycles. The molecule has 0 aliphatic rings. The van der Waals surface area contributed by atoms with Crippen molar-refractivity contribution in [2.24, 2.45) is 0 Å². The zero-order valence-corrected chi connectivity index (χ0v) is 8.03. The molecule has 66 valence electrons. The maximum atomic E-state index is 4.83. The fourth-order valence-corrected chi connectivity index (χ4v) is 1.34. The number of benzene rings is 1. The van der Waals surface area contributed by atoms with Gasteiger partial charge in [0.05, 0.1) is 17.2 Å². The van der Waals surface area contributed by atoms with Gasteiger partial charge in [-0.3, -0.25) is 5.01 Å². The van der Waals surface area contributed by atoms with Crippen LogP contribution in [0.15, 0.2) is 30.5 Å². The number of thiocarbonyl (C=S) groups is 1. The van der Waals surface area contributed by atoms with Crippen LogP contribution in [0.3, 0.4) is 0 Å². The molecular weight excluding hydrogens is 182 g/mol. The molecule has 1 aromatic heterocycles. The largest absolute Gasteiger partial charge is 0.264 e. The van der Waals surface area contributed by atoms with Crippen LogP contribution in [0.1, 0.15) is 0 Å². The van der Waals surface area contributed by atoms with Gasteiger partial charge in [-0.2, -0.15) is 9.89 Å². The number of fused-ring (bicyclic) bond motifs is 1. The minimum absolute atomic E-state index is 1.06. The molecule has 0 fully saturated rings. The Morgan fingerprint density at radius 3 is 3.00 bits per heavy atom. The van der Waals surface area contributed by atoms with E-state index in [1.165, 1.54) is 0 Å². The van der Waals surface area contributed by atoms with E-state index in [9.17, 15) is 0 Å². The summed E-state index contributed by atoms with van der Waals surface area (Å²) in [4.78, 5) is 1.77. The number of hydrogen-bond donors (Lipinski definition) is 0. The van der Waals surface area contributed by atoms with Crippen molar-refractivity contribution < 1.29 is 0 Å². The Morgan fingerprint density at radius 1 is 1.46 bits per heavy atom. The Hall–Kier alpha value is -1.42. The predicted octanol–water partition coefficient (Wildman–Crippen LogP) is 1.56. The summed E-state index contributed by atoms with van der Waals surface area (Å²) in [5, 5.41) is 7.09. The Balaban J connectivity index is 2.64. The van der Waals surface area contributed by atoms with Crippen LogP contribution in [0, 0.1) is 0 Å². The number of aromatic nitrogens is 2. The Kier molecular flexibility index (Phi) is 1.98. The highest BCUT2D eigenvalue weighted by Crippen LogP contribution is 2.11. The molecule has 0 amide bonds. The summed E-state index contributed by atoms with van der Waals surface area (Å²) in [6.45, 7) is 0. The van der Waals surface area contributed by atoms with Crippen molar-refractivity contribution in [2.75, 3.05) is 12.1 Å². The van der Waals surface area contributed by atoms with Gasteiger partial charge in [0.2, 0.25) is 0 Å². The van der Waals surface area contributed by atoms with Gasteiger partial charge in [-0.25, -0.2) is 0 Å². The third-order valence-corrected chi connectivity index (χ3v) is 2.21. The number of nitrogens with zero attached hydrogens (tertiary/aromatic N) is 3. The van der Waals surface area contributed by atoms with Gasteiger partial charge < -0.3 is 0 Å². The predicted molar refractivity (Wildman–Crippen MR) is 57.5 cm³/mol. The summed E-state index contributed by atoms with van der Waals surface area (Å²) in [5.74, 6) is 0. The molecule has 0 aliphatic carbocycles. The topological polar surface area (TPSA) is 21.1 Å². The van der Waals surface area contributed by atoms with Gasteiger partial charge in [-0.1, -0.05) is 30.4 Å². The van der Waals surface area contributed by atoms with E-state index in [1.54, 1.807) is 15.3 Å². The third kappa shape index (κ3) is 1.29. The summed E-state index contributed by atoms with van der Waals surface area (Å²) in [5.41, 5.74) is 2.62. The standard InChI is InChI=1S/C9H9N3S/c1-11(7-13)12-9-5-3-2-4-8(9)6-10-12/h2-7H,1H3. The Bertz CT molecular complexity index is 435. The van der Waals surface area contributed by atoms with E-state index in [4.69, 9.17) is 12.2 Å². The van der Waals surface area contributed by atoms with Crippen LogP contribution in [0.2, 0.25) is 0 Å². The first-order valence-electron chi connectivity index (χ1n) is 3.94. The molecule has 2 rings (SSSR count). The fraction of sp³-hybridized carbons (Fsp3) is 0.111. The second-order valence-corrected chi connectivity index (χ2v) is 2.98. The average Bonchev–Trinajstić information content (AvgIpc) is 2.60. The van der Waals surface area contributed by atoms with Crippen molar-refractivity contribution in [3.05, 3.63) is 30.5 Å². The second kappa shape index (κ2) is 3.14. The Morgan fingerprint density at radius 2 is 2.23 bits per heavy atom. The van der Waals surface area contributed by atoms with Crippen molar-refractivity contribution >= 4 is 28.6 Å². The molecule has 3 nitrogen and oxygen atoms in total. The van der Waals surface area contributed by atoms with E-state index in [2.05, 4.69) is 5.10 Å². The summed E-state index contributed by atoms with van der Waals surface area (Å²) in [6.07, 6.45) is 1.82. The Labute approximate surface area is 81.5 Å². The van der Waals surface area contributed by atoms with Gasteiger partial charge in [-0.15, -0.1) is 0 Å². The van der Waals surface area contributed by atoms with E-state index < -0.39 is 0 Å².